The molecular formula is C18H13FN2O3. The maximum atomic E-state index is 13.7. The lowest BCUT2D eigenvalue weighted by Gasteiger charge is -2.01. The summed E-state index contributed by atoms with van der Waals surface area (Å²) in [6, 6.07) is 15.6. The molecule has 3 aromatic rings. The van der Waals surface area contributed by atoms with Crippen LogP contribution in [0.15, 0.2) is 70.2 Å². The molecular weight excluding hydrogens is 311 g/mol. The number of hydrogen-bond acceptors (Lipinski definition) is 4. The third-order valence-electron chi connectivity index (χ3n) is 3.27. The summed E-state index contributed by atoms with van der Waals surface area (Å²) in [6.07, 6.45) is 1.29. The molecule has 0 saturated heterocycles. The summed E-state index contributed by atoms with van der Waals surface area (Å²) in [5.41, 5.74) is 2.74. The van der Waals surface area contributed by atoms with Gasteiger partial charge in [0.15, 0.2) is 0 Å². The first-order valence-corrected chi connectivity index (χ1v) is 7.11. The molecule has 6 heteroatoms. The van der Waals surface area contributed by atoms with Crippen molar-refractivity contribution < 1.29 is 18.7 Å². The first-order valence-electron chi connectivity index (χ1n) is 7.11. The molecule has 0 aliphatic carbocycles. The standard InChI is InChI=1S/C18H13FN2O3/c19-15-7-3-1-5-13(15)17-10-9-12(24-17)11-20-21-18(23)14-6-2-4-8-16(14)22/h1-11,22H,(H,21,23). The number of benzene rings is 2. The van der Waals surface area contributed by atoms with Crippen LogP contribution in [0.5, 0.6) is 5.75 Å². The van der Waals surface area contributed by atoms with Crippen LogP contribution in [0.1, 0.15) is 16.1 Å². The highest BCUT2D eigenvalue weighted by atomic mass is 19.1. The number of aromatic hydroxyl groups is 1. The largest absolute Gasteiger partial charge is 0.507 e. The fourth-order valence-electron chi connectivity index (χ4n) is 2.11. The molecule has 0 fully saturated rings. The van der Waals surface area contributed by atoms with E-state index in [1.165, 1.54) is 24.4 Å². The number of nitrogens with one attached hydrogen (secondary N) is 1. The second kappa shape index (κ2) is 6.78. The highest BCUT2D eigenvalue weighted by molar-refractivity contribution is 5.97. The van der Waals surface area contributed by atoms with Crippen LogP contribution in [-0.2, 0) is 0 Å². The van der Waals surface area contributed by atoms with Crippen LogP contribution in [0.2, 0.25) is 0 Å². The van der Waals surface area contributed by atoms with Crippen LogP contribution >= 0.6 is 0 Å². The van der Waals surface area contributed by atoms with Crippen molar-refractivity contribution >= 4 is 12.1 Å². The van der Waals surface area contributed by atoms with Gasteiger partial charge in [-0.25, -0.2) is 9.82 Å². The number of hydrazone groups is 1. The molecule has 24 heavy (non-hydrogen) atoms. The van der Waals surface area contributed by atoms with Gasteiger partial charge in [0, 0.05) is 0 Å². The van der Waals surface area contributed by atoms with Crippen molar-refractivity contribution in [3.8, 4) is 17.1 Å². The predicted molar refractivity (Wildman–Crippen MR) is 87.3 cm³/mol. The van der Waals surface area contributed by atoms with Gasteiger partial charge in [0.05, 0.1) is 17.3 Å². The third-order valence-corrected chi connectivity index (χ3v) is 3.27. The van der Waals surface area contributed by atoms with Gasteiger partial charge < -0.3 is 9.52 Å². The Hall–Kier alpha value is -3.41. The second-order valence-electron chi connectivity index (χ2n) is 4.90. The summed E-state index contributed by atoms with van der Waals surface area (Å²) in [4.78, 5) is 11.9. The minimum atomic E-state index is -0.551. The number of carbonyl (C=O) groups is 1. The molecule has 0 spiro atoms. The lowest BCUT2D eigenvalue weighted by atomic mass is 10.1. The molecule has 0 saturated carbocycles. The molecule has 0 bridgehead atoms. The second-order valence-corrected chi connectivity index (χ2v) is 4.90. The number of furan rings is 1. The van der Waals surface area contributed by atoms with Gasteiger partial charge in [0.2, 0.25) is 0 Å². The highest BCUT2D eigenvalue weighted by Gasteiger charge is 2.10. The van der Waals surface area contributed by atoms with E-state index < -0.39 is 5.91 Å². The minimum Gasteiger partial charge on any atom is -0.507 e. The van der Waals surface area contributed by atoms with Crippen molar-refractivity contribution in [1.29, 1.82) is 0 Å². The molecule has 1 heterocycles. The smallest absolute Gasteiger partial charge is 0.275 e. The van der Waals surface area contributed by atoms with Crippen LogP contribution in [0.3, 0.4) is 0 Å². The van der Waals surface area contributed by atoms with Crippen LogP contribution in [-0.4, -0.2) is 17.2 Å². The van der Waals surface area contributed by atoms with Crippen molar-refractivity contribution in [2.75, 3.05) is 0 Å². The van der Waals surface area contributed by atoms with Gasteiger partial charge in [-0.1, -0.05) is 24.3 Å². The minimum absolute atomic E-state index is 0.112. The molecule has 0 aliphatic rings. The molecule has 1 aromatic heterocycles. The number of phenolic OH excluding ortho intramolecular Hbond substituents is 1. The molecule has 0 unspecified atom stereocenters. The fraction of sp³-hybridized carbons (Fsp3) is 0. The van der Waals surface area contributed by atoms with Gasteiger partial charge >= 0.3 is 0 Å². The Morgan fingerprint density at radius 2 is 1.83 bits per heavy atom. The van der Waals surface area contributed by atoms with Crippen molar-refractivity contribution in [3.63, 3.8) is 0 Å². The average Bonchev–Trinajstić information content (AvgIpc) is 3.04. The lowest BCUT2D eigenvalue weighted by molar-refractivity contribution is 0.0952. The SMILES string of the molecule is O=C(NN=Cc1ccc(-c2ccccc2F)o1)c1ccccc1O. The normalized spacial score (nSPS) is 10.9. The van der Waals surface area contributed by atoms with Gasteiger partial charge in [0.25, 0.3) is 5.91 Å². The zero-order valence-corrected chi connectivity index (χ0v) is 12.4. The predicted octanol–water partition coefficient (Wildman–Crippen LogP) is 3.56. The molecule has 0 aliphatic heterocycles. The molecule has 0 atom stereocenters. The fourth-order valence-corrected chi connectivity index (χ4v) is 2.11. The molecule has 2 aromatic carbocycles. The lowest BCUT2D eigenvalue weighted by Crippen LogP contribution is -2.17. The Kier molecular flexibility index (Phi) is 4.38. The van der Waals surface area contributed by atoms with Crippen molar-refractivity contribution in [1.82, 2.24) is 5.43 Å². The number of hydrogen-bond donors (Lipinski definition) is 2. The van der Waals surface area contributed by atoms with Crippen LogP contribution in [0, 0.1) is 5.82 Å². The van der Waals surface area contributed by atoms with E-state index in [0.717, 1.165) is 0 Å². The summed E-state index contributed by atoms with van der Waals surface area (Å²) in [6.45, 7) is 0. The summed E-state index contributed by atoms with van der Waals surface area (Å²) in [5.74, 6) is -0.356. The maximum absolute atomic E-state index is 13.7. The van der Waals surface area contributed by atoms with Crippen molar-refractivity contribution in [2.45, 2.75) is 0 Å². The summed E-state index contributed by atoms with van der Waals surface area (Å²) >= 11 is 0. The number of nitrogens with zero attached hydrogens (tertiary/aromatic N) is 1. The Labute approximate surface area is 137 Å². The van der Waals surface area contributed by atoms with Crippen molar-refractivity contribution in [2.24, 2.45) is 5.10 Å². The summed E-state index contributed by atoms with van der Waals surface area (Å²) in [7, 11) is 0. The number of rotatable bonds is 4. The van der Waals surface area contributed by atoms with Gasteiger partial charge in [-0.2, -0.15) is 5.10 Å². The zero-order chi connectivity index (χ0) is 16.9. The van der Waals surface area contributed by atoms with Crippen molar-refractivity contribution in [3.05, 3.63) is 77.8 Å². The van der Waals surface area contributed by atoms with E-state index in [9.17, 15) is 14.3 Å². The number of phenols is 1. The van der Waals surface area contributed by atoms with E-state index in [1.807, 2.05) is 0 Å². The first kappa shape index (κ1) is 15.5. The van der Waals surface area contributed by atoms with Crippen LogP contribution in [0.4, 0.5) is 4.39 Å². The topological polar surface area (TPSA) is 74.8 Å². The Bertz CT molecular complexity index is 903. The Morgan fingerprint density at radius 3 is 2.62 bits per heavy atom. The average molecular weight is 324 g/mol. The third kappa shape index (κ3) is 3.33. The zero-order valence-electron chi connectivity index (χ0n) is 12.4. The monoisotopic (exact) mass is 324 g/mol. The molecule has 3 rings (SSSR count). The summed E-state index contributed by atoms with van der Waals surface area (Å²) in [5, 5.41) is 13.4. The molecule has 5 nitrogen and oxygen atoms in total. The number of halogens is 1. The highest BCUT2D eigenvalue weighted by Crippen LogP contribution is 2.24. The first-order chi connectivity index (χ1) is 11.6. The van der Waals surface area contributed by atoms with E-state index in [1.54, 1.807) is 42.5 Å². The van der Waals surface area contributed by atoms with E-state index >= 15 is 0 Å². The number of amides is 1. The Morgan fingerprint density at radius 1 is 1.08 bits per heavy atom. The number of para-hydroxylation sites is 1. The van der Waals surface area contributed by atoms with E-state index in [4.69, 9.17) is 4.42 Å². The van der Waals surface area contributed by atoms with Crippen LogP contribution in [0.25, 0.3) is 11.3 Å². The number of carbonyl (C=O) groups excluding carboxylic acids is 1. The molecule has 2 N–H and O–H groups in total. The molecule has 0 radical (unpaired) electrons. The van der Waals surface area contributed by atoms with Gasteiger partial charge in [-0.3, -0.25) is 4.79 Å². The summed E-state index contributed by atoms with van der Waals surface area (Å²) < 4.78 is 19.2. The van der Waals surface area contributed by atoms with E-state index in [-0.39, 0.29) is 17.1 Å². The maximum Gasteiger partial charge on any atom is 0.275 e. The molecule has 120 valence electrons. The quantitative estimate of drug-likeness (QED) is 0.569. The van der Waals surface area contributed by atoms with Gasteiger partial charge in [-0.05, 0) is 36.4 Å². The van der Waals surface area contributed by atoms with Gasteiger partial charge in [0.1, 0.15) is 23.1 Å². The van der Waals surface area contributed by atoms with E-state index in [0.29, 0.717) is 17.1 Å². The van der Waals surface area contributed by atoms with Gasteiger partial charge in [-0.15, -0.1) is 0 Å². The van der Waals surface area contributed by atoms with Crippen LogP contribution < -0.4 is 5.43 Å². The molecule has 1 amide bonds. The Balaban J connectivity index is 1.69. The van der Waals surface area contributed by atoms with E-state index in [2.05, 4.69) is 10.5 Å².